The molecule has 20 heavy (non-hydrogen) atoms. The molecule has 3 rings (SSSR count). The Bertz CT molecular complexity index is 625. The molecule has 1 amide bonds. The predicted molar refractivity (Wildman–Crippen MR) is 79.0 cm³/mol. The average Bonchev–Trinajstić information content (AvgIpc) is 2.94. The van der Waals surface area contributed by atoms with Crippen molar-refractivity contribution in [2.45, 2.75) is 19.9 Å². The standard InChI is InChI=1S/C14H16N4OS/c1-2-16-13-8-15-7-11(17-13)14(19)18-5-3-12-10(9-18)4-6-20-12/h4,6-8H,2-3,5,9H2,1H3,(H,16,17). The molecule has 0 radical (unpaired) electrons. The summed E-state index contributed by atoms with van der Waals surface area (Å²) < 4.78 is 0. The Morgan fingerprint density at radius 3 is 3.25 bits per heavy atom. The predicted octanol–water partition coefficient (Wildman–Crippen LogP) is 2.17. The molecule has 6 heteroatoms. The molecule has 0 atom stereocenters. The Kier molecular flexibility index (Phi) is 3.64. The van der Waals surface area contributed by atoms with Gasteiger partial charge in [0, 0.05) is 24.5 Å². The van der Waals surface area contributed by atoms with Crippen LogP contribution in [0.4, 0.5) is 5.82 Å². The number of hydrogen-bond acceptors (Lipinski definition) is 5. The van der Waals surface area contributed by atoms with E-state index in [2.05, 4.69) is 26.7 Å². The van der Waals surface area contributed by atoms with Gasteiger partial charge in [0.2, 0.25) is 0 Å². The lowest BCUT2D eigenvalue weighted by atomic mass is 10.1. The van der Waals surface area contributed by atoms with Crippen LogP contribution in [0.5, 0.6) is 0 Å². The number of aromatic nitrogens is 2. The summed E-state index contributed by atoms with van der Waals surface area (Å²) in [6.45, 7) is 4.16. The SMILES string of the molecule is CCNc1cncc(C(=O)N2CCc3sccc3C2)n1. The smallest absolute Gasteiger partial charge is 0.274 e. The van der Waals surface area contributed by atoms with E-state index in [-0.39, 0.29) is 5.91 Å². The normalized spacial score (nSPS) is 13.9. The van der Waals surface area contributed by atoms with Crippen LogP contribution in [-0.2, 0) is 13.0 Å². The Morgan fingerprint density at radius 1 is 1.50 bits per heavy atom. The summed E-state index contributed by atoms with van der Waals surface area (Å²) in [5, 5.41) is 5.16. The molecule has 2 aromatic rings. The molecule has 1 aliphatic heterocycles. The molecule has 0 aromatic carbocycles. The maximum absolute atomic E-state index is 12.5. The molecular formula is C14H16N4OS. The lowest BCUT2D eigenvalue weighted by molar-refractivity contribution is 0.0729. The van der Waals surface area contributed by atoms with Gasteiger partial charge < -0.3 is 10.2 Å². The molecule has 0 bridgehead atoms. The number of hydrogen-bond donors (Lipinski definition) is 1. The van der Waals surface area contributed by atoms with Gasteiger partial charge in [-0.05, 0) is 30.4 Å². The molecule has 0 saturated heterocycles. The van der Waals surface area contributed by atoms with E-state index in [1.165, 1.54) is 16.6 Å². The van der Waals surface area contributed by atoms with Gasteiger partial charge in [0.15, 0.2) is 0 Å². The molecule has 104 valence electrons. The maximum Gasteiger partial charge on any atom is 0.274 e. The van der Waals surface area contributed by atoms with Gasteiger partial charge in [-0.1, -0.05) is 0 Å². The largest absolute Gasteiger partial charge is 0.369 e. The van der Waals surface area contributed by atoms with E-state index < -0.39 is 0 Å². The average molecular weight is 288 g/mol. The maximum atomic E-state index is 12.5. The van der Waals surface area contributed by atoms with Crippen LogP contribution in [0.25, 0.3) is 0 Å². The Morgan fingerprint density at radius 2 is 2.40 bits per heavy atom. The first-order valence-electron chi connectivity index (χ1n) is 6.68. The summed E-state index contributed by atoms with van der Waals surface area (Å²) in [4.78, 5) is 24.1. The number of nitrogens with zero attached hydrogens (tertiary/aromatic N) is 3. The van der Waals surface area contributed by atoms with Crippen LogP contribution in [0.1, 0.15) is 27.9 Å². The summed E-state index contributed by atoms with van der Waals surface area (Å²) in [6, 6.07) is 2.10. The van der Waals surface area contributed by atoms with Crippen LogP contribution in [-0.4, -0.2) is 33.9 Å². The number of thiophene rings is 1. The number of carbonyl (C=O) groups excluding carboxylic acids is 1. The second-order valence-corrected chi connectivity index (χ2v) is 5.67. The highest BCUT2D eigenvalue weighted by atomic mass is 32.1. The van der Waals surface area contributed by atoms with Crippen LogP contribution in [0.3, 0.4) is 0 Å². The number of nitrogens with one attached hydrogen (secondary N) is 1. The number of anilines is 1. The van der Waals surface area contributed by atoms with Crippen molar-refractivity contribution in [1.82, 2.24) is 14.9 Å². The van der Waals surface area contributed by atoms with Crippen molar-refractivity contribution >= 4 is 23.1 Å². The minimum absolute atomic E-state index is 0.0471. The van der Waals surface area contributed by atoms with E-state index in [9.17, 15) is 4.79 Å². The molecule has 5 nitrogen and oxygen atoms in total. The quantitative estimate of drug-likeness (QED) is 0.940. The molecule has 0 spiro atoms. The number of rotatable bonds is 3. The fraction of sp³-hybridized carbons (Fsp3) is 0.357. The van der Waals surface area contributed by atoms with Crippen molar-refractivity contribution in [3.63, 3.8) is 0 Å². The molecule has 1 N–H and O–H groups in total. The highest BCUT2D eigenvalue weighted by Gasteiger charge is 2.23. The second-order valence-electron chi connectivity index (χ2n) is 4.67. The molecule has 2 aromatic heterocycles. The first-order chi connectivity index (χ1) is 9.78. The Hall–Kier alpha value is -1.95. The summed E-state index contributed by atoms with van der Waals surface area (Å²) >= 11 is 1.77. The first kappa shape index (κ1) is 13.1. The van der Waals surface area contributed by atoms with Crippen LogP contribution in [0, 0.1) is 0 Å². The second kappa shape index (κ2) is 5.58. The fourth-order valence-electron chi connectivity index (χ4n) is 2.32. The summed E-state index contributed by atoms with van der Waals surface area (Å²) in [5.74, 6) is 0.598. The third-order valence-corrected chi connectivity index (χ3v) is 4.33. The minimum atomic E-state index is -0.0471. The van der Waals surface area contributed by atoms with Crippen molar-refractivity contribution in [2.24, 2.45) is 0 Å². The van der Waals surface area contributed by atoms with Gasteiger partial charge in [-0.25, -0.2) is 4.98 Å². The summed E-state index contributed by atoms with van der Waals surface area (Å²) in [6.07, 6.45) is 4.10. The first-order valence-corrected chi connectivity index (χ1v) is 7.56. The zero-order valence-corrected chi connectivity index (χ0v) is 12.1. The van der Waals surface area contributed by atoms with Crippen LogP contribution >= 0.6 is 11.3 Å². The number of fused-ring (bicyclic) bond motifs is 1. The van der Waals surface area contributed by atoms with E-state index in [0.29, 0.717) is 18.1 Å². The number of amides is 1. The number of carbonyl (C=O) groups is 1. The highest BCUT2D eigenvalue weighted by Crippen LogP contribution is 2.24. The van der Waals surface area contributed by atoms with Gasteiger partial charge >= 0.3 is 0 Å². The molecular weight excluding hydrogens is 272 g/mol. The molecule has 1 aliphatic rings. The molecule has 0 aliphatic carbocycles. The molecule has 0 saturated carbocycles. The Labute approximate surface area is 121 Å². The van der Waals surface area contributed by atoms with E-state index >= 15 is 0 Å². The minimum Gasteiger partial charge on any atom is -0.369 e. The van der Waals surface area contributed by atoms with Gasteiger partial charge in [0.1, 0.15) is 11.5 Å². The lowest BCUT2D eigenvalue weighted by Crippen LogP contribution is -2.35. The lowest BCUT2D eigenvalue weighted by Gasteiger charge is -2.26. The van der Waals surface area contributed by atoms with Gasteiger partial charge in [-0.15, -0.1) is 11.3 Å². The van der Waals surface area contributed by atoms with E-state index in [1.807, 2.05) is 11.8 Å². The third kappa shape index (κ3) is 2.51. The third-order valence-electron chi connectivity index (χ3n) is 3.31. The fourth-order valence-corrected chi connectivity index (χ4v) is 3.21. The zero-order valence-electron chi connectivity index (χ0n) is 11.3. The highest BCUT2D eigenvalue weighted by molar-refractivity contribution is 7.10. The van der Waals surface area contributed by atoms with Crippen molar-refractivity contribution in [1.29, 1.82) is 0 Å². The zero-order chi connectivity index (χ0) is 13.9. The molecule has 0 fully saturated rings. The van der Waals surface area contributed by atoms with Crippen LogP contribution in [0.2, 0.25) is 0 Å². The van der Waals surface area contributed by atoms with Crippen molar-refractivity contribution in [3.05, 3.63) is 40.0 Å². The van der Waals surface area contributed by atoms with Gasteiger partial charge in [0.25, 0.3) is 5.91 Å². The summed E-state index contributed by atoms with van der Waals surface area (Å²) in [5.41, 5.74) is 1.66. The van der Waals surface area contributed by atoms with Gasteiger partial charge in [-0.3, -0.25) is 9.78 Å². The van der Waals surface area contributed by atoms with Crippen LogP contribution < -0.4 is 5.32 Å². The van der Waals surface area contributed by atoms with E-state index in [1.54, 1.807) is 17.5 Å². The topological polar surface area (TPSA) is 58.1 Å². The van der Waals surface area contributed by atoms with Crippen molar-refractivity contribution in [2.75, 3.05) is 18.4 Å². The molecule has 0 unspecified atom stereocenters. The Balaban J connectivity index is 1.78. The van der Waals surface area contributed by atoms with Gasteiger partial charge in [0.05, 0.1) is 12.4 Å². The monoisotopic (exact) mass is 288 g/mol. The summed E-state index contributed by atoms with van der Waals surface area (Å²) in [7, 11) is 0. The molecule has 3 heterocycles. The van der Waals surface area contributed by atoms with Crippen molar-refractivity contribution in [3.8, 4) is 0 Å². The van der Waals surface area contributed by atoms with Gasteiger partial charge in [-0.2, -0.15) is 0 Å². The van der Waals surface area contributed by atoms with E-state index in [4.69, 9.17) is 0 Å². The van der Waals surface area contributed by atoms with Crippen LogP contribution in [0.15, 0.2) is 23.8 Å². The van der Waals surface area contributed by atoms with E-state index in [0.717, 1.165) is 19.5 Å². The van der Waals surface area contributed by atoms with Crippen molar-refractivity contribution < 1.29 is 4.79 Å².